The van der Waals surface area contributed by atoms with Gasteiger partial charge in [-0.05, 0) is 38.0 Å². The van der Waals surface area contributed by atoms with E-state index < -0.39 is 0 Å². The molecule has 5 heteroatoms. The molecule has 19 heavy (non-hydrogen) atoms. The van der Waals surface area contributed by atoms with E-state index in [0.717, 1.165) is 16.9 Å². The molecule has 0 fully saturated rings. The number of imidazole rings is 1. The number of alkyl halides is 1. The van der Waals surface area contributed by atoms with Crippen LogP contribution in [0, 0.1) is 6.92 Å². The van der Waals surface area contributed by atoms with Crippen LogP contribution in [0.2, 0.25) is 0 Å². The number of hydrogen-bond acceptors (Lipinski definition) is 2. The fraction of sp³-hybridized carbons (Fsp3) is 0.429. The topological polar surface area (TPSA) is 60.9 Å². The van der Waals surface area contributed by atoms with E-state index in [-0.39, 0.29) is 11.3 Å². The molecule has 0 radical (unpaired) electrons. The molecule has 0 spiro atoms. The largest absolute Gasteiger partial charge is 0.370 e. The summed E-state index contributed by atoms with van der Waals surface area (Å²) >= 11 is 6.19. The fourth-order valence-electron chi connectivity index (χ4n) is 2.21. The van der Waals surface area contributed by atoms with Gasteiger partial charge in [0.2, 0.25) is 5.91 Å². The Kier molecular flexibility index (Phi) is 4.10. The Bertz CT molecular complexity index is 604. The maximum absolute atomic E-state index is 10.8. The number of aryl methyl sites for hydroxylation is 2. The summed E-state index contributed by atoms with van der Waals surface area (Å²) in [6, 6.07) is 6.14. The van der Waals surface area contributed by atoms with Crippen LogP contribution in [0.1, 0.15) is 36.5 Å². The van der Waals surface area contributed by atoms with Gasteiger partial charge in [-0.2, -0.15) is 0 Å². The smallest absolute Gasteiger partial charge is 0.217 e. The Morgan fingerprint density at radius 1 is 1.53 bits per heavy atom. The van der Waals surface area contributed by atoms with Gasteiger partial charge >= 0.3 is 0 Å². The summed E-state index contributed by atoms with van der Waals surface area (Å²) in [5.41, 5.74) is 8.34. The van der Waals surface area contributed by atoms with Crippen molar-refractivity contribution in [1.82, 2.24) is 9.55 Å². The molecule has 2 N–H and O–H groups in total. The Morgan fingerprint density at radius 3 is 2.89 bits per heavy atom. The minimum atomic E-state index is -0.277. The summed E-state index contributed by atoms with van der Waals surface area (Å²) < 4.78 is 2.08. The van der Waals surface area contributed by atoms with E-state index in [1.165, 1.54) is 5.56 Å². The molecule has 0 saturated carbocycles. The van der Waals surface area contributed by atoms with Gasteiger partial charge in [-0.15, -0.1) is 11.6 Å². The van der Waals surface area contributed by atoms with Crippen molar-refractivity contribution in [2.75, 3.05) is 0 Å². The molecule has 1 aromatic heterocycles. The third-order valence-electron chi connectivity index (χ3n) is 3.09. The molecule has 1 unspecified atom stereocenters. The predicted molar refractivity (Wildman–Crippen MR) is 77.2 cm³/mol. The van der Waals surface area contributed by atoms with E-state index in [1.807, 2.05) is 26.0 Å². The highest BCUT2D eigenvalue weighted by atomic mass is 35.5. The van der Waals surface area contributed by atoms with Crippen LogP contribution in [0.5, 0.6) is 0 Å². The van der Waals surface area contributed by atoms with Crippen molar-refractivity contribution in [3.8, 4) is 0 Å². The molecule has 1 heterocycles. The second kappa shape index (κ2) is 5.61. The molecule has 0 aliphatic heterocycles. The molecule has 2 rings (SSSR count). The van der Waals surface area contributed by atoms with E-state index in [0.29, 0.717) is 19.4 Å². The monoisotopic (exact) mass is 279 g/mol. The number of carbonyl (C=O) groups is 1. The van der Waals surface area contributed by atoms with Crippen molar-refractivity contribution in [3.63, 3.8) is 0 Å². The molecule has 2 aromatic rings. The maximum atomic E-state index is 10.8. The lowest BCUT2D eigenvalue weighted by molar-refractivity contribution is -0.118. The number of benzene rings is 1. The summed E-state index contributed by atoms with van der Waals surface area (Å²) in [6.07, 6.45) is 1.08. The average molecular weight is 280 g/mol. The number of amides is 1. The Hall–Kier alpha value is -1.55. The highest BCUT2D eigenvalue weighted by Gasteiger charge is 2.14. The Balaban J connectivity index is 2.37. The third kappa shape index (κ3) is 3.07. The van der Waals surface area contributed by atoms with Crippen LogP contribution in [0.4, 0.5) is 0 Å². The molecular formula is C14H18ClN3O. The second-order valence-corrected chi connectivity index (χ2v) is 5.45. The number of carbonyl (C=O) groups excluding carboxylic acids is 1. The van der Waals surface area contributed by atoms with E-state index in [9.17, 15) is 4.79 Å². The number of nitrogens with two attached hydrogens (primary N) is 1. The molecule has 102 valence electrons. The molecule has 1 amide bonds. The fourth-order valence-corrected chi connectivity index (χ4v) is 2.38. The lowest BCUT2D eigenvalue weighted by atomic mass is 10.2. The second-order valence-electron chi connectivity index (χ2n) is 4.80. The van der Waals surface area contributed by atoms with Crippen molar-refractivity contribution < 1.29 is 4.79 Å². The molecule has 1 aromatic carbocycles. The van der Waals surface area contributed by atoms with Crippen LogP contribution in [0.15, 0.2) is 18.2 Å². The van der Waals surface area contributed by atoms with Crippen molar-refractivity contribution in [2.24, 2.45) is 5.73 Å². The van der Waals surface area contributed by atoms with E-state index in [4.69, 9.17) is 17.3 Å². The lowest BCUT2D eigenvalue weighted by Gasteiger charge is -2.09. The molecule has 0 bridgehead atoms. The summed E-state index contributed by atoms with van der Waals surface area (Å²) in [4.78, 5) is 15.4. The highest BCUT2D eigenvalue weighted by Crippen LogP contribution is 2.25. The van der Waals surface area contributed by atoms with Crippen molar-refractivity contribution in [3.05, 3.63) is 29.6 Å². The number of rotatable bonds is 5. The molecule has 0 aliphatic rings. The van der Waals surface area contributed by atoms with Gasteiger partial charge in [-0.3, -0.25) is 4.79 Å². The van der Waals surface area contributed by atoms with Crippen LogP contribution in [-0.4, -0.2) is 15.5 Å². The van der Waals surface area contributed by atoms with Gasteiger partial charge in [-0.1, -0.05) is 6.07 Å². The predicted octanol–water partition coefficient (Wildman–Crippen LogP) is 2.91. The standard InChI is InChI=1S/C14H18ClN3O/c1-9-5-6-12-11(8-9)17-14(10(2)15)18(12)7-3-4-13(16)19/h5-6,8,10H,3-4,7H2,1-2H3,(H2,16,19). The van der Waals surface area contributed by atoms with Gasteiger partial charge in [0.1, 0.15) is 5.82 Å². The number of fused-ring (bicyclic) bond motifs is 1. The first-order chi connectivity index (χ1) is 8.99. The average Bonchev–Trinajstić information content (AvgIpc) is 2.67. The zero-order valence-electron chi connectivity index (χ0n) is 11.2. The first-order valence-corrected chi connectivity index (χ1v) is 6.82. The summed E-state index contributed by atoms with van der Waals surface area (Å²) in [5, 5.41) is -0.165. The molecule has 0 aliphatic carbocycles. The first kappa shape index (κ1) is 13.9. The minimum absolute atomic E-state index is 0.165. The lowest BCUT2D eigenvalue weighted by Crippen LogP contribution is -2.12. The van der Waals surface area contributed by atoms with Gasteiger partial charge in [0, 0.05) is 13.0 Å². The number of aromatic nitrogens is 2. The van der Waals surface area contributed by atoms with E-state index in [1.54, 1.807) is 0 Å². The van der Waals surface area contributed by atoms with Crippen LogP contribution in [0.25, 0.3) is 11.0 Å². The number of halogens is 1. The molecule has 4 nitrogen and oxygen atoms in total. The number of primary amides is 1. The van der Waals surface area contributed by atoms with Gasteiger partial charge in [-0.25, -0.2) is 4.98 Å². The number of nitrogens with zero attached hydrogens (tertiary/aromatic N) is 2. The Morgan fingerprint density at radius 2 is 2.26 bits per heavy atom. The van der Waals surface area contributed by atoms with Crippen LogP contribution in [-0.2, 0) is 11.3 Å². The van der Waals surface area contributed by atoms with Gasteiger partial charge < -0.3 is 10.3 Å². The zero-order chi connectivity index (χ0) is 14.0. The van der Waals surface area contributed by atoms with Crippen LogP contribution < -0.4 is 5.73 Å². The first-order valence-electron chi connectivity index (χ1n) is 6.38. The van der Waals surface area contributed by atoms with Gasteiger partial charge in [0.05, 0.1) is 16.4 Å². The summed E-state index contributed by atoms with van der Waals surface area (Å²) in [7, 11) is 0. The van der Waals surface area contributed by atoms with Crippen molar-refractivity contribution in [2.45, 2.75) is 38.6 Å². The molecule has 1 atom stereocenters. The molecular weight excluding hydrogens is 262 g/mol. The minimum Gasteiger partial charge on any atom is -0.370 e. The normalized spacial score (nSPS) is 12.8. The van der Waals surface area contributed by atoms with Crippen molar-refractivity contribution in [1.29, 1.82) is 0 Å². The number of hydrogen-bond donors (Lipinski definition) is 1. The zero-order valence-corrected chi connectivity index (χ0v) is 11.9. The molecule has 0 saturated heterocycles. The van der Waals surface area contributed by atoms with Crippen molar-refractivity contribution >= 4 is 28.5 Å². The Labute approximate surface area is 117 Å². The van der Waals surface area contributed by atoms with Crippen LogP contribution >= 0.6 is 11.6 Å². The quantitative estimate of drug-likeness (QED) is 0.856. The third-order valence-corrected chi connectivity index (χ3v) is 3.29. The maximum Gasteiger partial charge on any atom is 0.217 e. The van der Waals surface area contributed by atoms with Crippen LogP contribution in [0.3, 0.4) is 0 Å². The van der Waals surface area contributed by atoms with Gasteiger partial charge in [0.25, 0.3) is 0 Å². The highest BCUT2D eigenvalue weighted by molar-refractivity contribution is 6.20. The summed E-state index contributed by atoms with van der Waals surface area (Å²) in [6.45, 7) is 4.64. The van der Waals surface area contributed by atoms with E-state index in [2.05, 4.69) is 15.6 Å². The SMILES string of the molecule is Cc1ccc2c(c1)nc(C(C)Cl)n2CCCC(N)=O. The van der Waals surface area contributed by atoms with Gasteiger partial charge in [0.15, 0.2) is 0 Å². The summed E-state index contributed by atoms with van der Waals surface area (Å²) in [5.74, 6) is 0.562. The van der Waals surface area contributed by atoms with E-state index >= 15 is 0 Å².